The molecule has 1 aromatic rings. The van der Waals surface area contributed by atoms with Crippen LogP contribution in [0.25, 0.3) is 0 Å². The van der Waals surface area contributed by atoms with Crippen molar-refractivity contribution in [3.8, 4) is 0 Å². The van der Waals surface area contributed by atoms with E-state index in [4.69, 9.17) is 0 Å². The van der Waals surface area contributed by atoms with Gasteiger partial charge in [0.15, 0.2) is 6.29 Å². The minimum atomic E-state index is 0.663. The van der Waals surface area contributed by atoms with Gasteiger partial charge in [-0.3, -0.25) is 9.48 Å². The molecule has 0 amide bonds. The molecule has 82 valence electrons. The number of rotatable bonds is 3. The maximum absolute atomic E-state index is 10.7. The highest BCUT2D eigenvalue weighted by atomic mass is 16.1. The largest absolute Gasteiger partial charge is 0.306 e. The Labute approximate surface area is 89.9 Å². The second-order valence-corrected chi connectivity index (χ2v) is 4.42. The second kappa shape index (κ2) is 4.14. The van der Waals surface area contributed by atoms with Crippen molar-refractivity contribution in [2.75, 3.05) is 20.1 Å². The first kappa shape index (κ1) is 10.4. The van der Waals surface area contributed by atoms with Gasteiger partial charge in [0.1, 0.15) is 5.69 Å². The monoisotopic (exact) mass is 207 g/mol. The normalized spacial score (nSPS) is 22.1. The average molecular weight is 207 g/mol. The Bertz CT molecular complexity index is 359. The summed E-state index contributed by atoms with van der Waals surface area (Å²) in [4.78, 5) is 13.0. The van der Waals surface area contributed by atoms with Crippen LogP contribution in [0.15, 0.2) is 6.07 Å². The fourth-order valence-electron chi connectivity index (χ4n) is 2.24. The zero-order valence-corrected chi connectivity index (χ0v) is 9.31. The van der Waals surface area contributed by atoms with E-state index < -0.39 is 0 Å². The molecular weight excluding hydrogens is 190 g/mol. The number of nitrogens with zero attached hydrogens (tertiary/aromatic N) is 3. The zero-order chi connectivity index (χ0) is 10.8. The lowest BCUT2D eigenvalue weighted by molar-refractivity contribution is 0.111. The molecule has 2 rings (SSSR count). The zero-order valence-electron chi connectivity index (χ0n) is 9.31. The van der Waals surface area contributed by atoms with Crippen molar-refractivity contribution in [1.29, 1.82) is 0 Å². The predicted molar refractivity (Wildman–Crippen MR) is 57.9 cm³/mol. The second-order valence-electron chi connectivity index (χ2n) is 4.42. The summed E-state index contributed by atoms with van der Waals surface area (Å²) in [7, 11) is 3.96. The summed E-state index contributed by atoms with van der Waals surface area (Å²) in [5, 5.41) is 4.34. The van der Waals surface area contributed by atoms with Crippen LogP contribution in [0.4, 0.5) is 0 Å². The van der Waals surface area contributed by atoms with Gasteiger partial charge in [0, 0.05) is 13.6 Å². The van der Waals surface area contributed by atoms with E-state index in [9.17, 15) is 4.79 Å². The van der Waals surface area contributed by atoms with E-state index in [-0.39, 0.29) is 0 Å². The van der Waals surface area contributed by atoms with Gasteiger partial charge >= 0.3 is 0 Å². The summed E-state index contributed by atoms with van der Waals surface area (Å²) >= 11 is 0. The first-order valence-corrected chi connectivity index (χ1v) is 5.35. The minimum Gasteiger partial charge on any atom is -0.306 e. The van der Waals surface area contributed by atoms with Crippen molar-refractivity contribution in [1.82, 2.24) is 14.7 Å². The Kier molecular flexibility index (Phi) is 2.86. The molecule has 0 aromatic carbocycles. The van der Waals surface area contributed by atoms with Crippen LogP contribution in [0.3, 0.4) is 0 Å². The molecule has 0 saturated carbocycles. The molecule has 1 saturated heterocycles. The SMILES string of the molecule is CN1CCC(Cc2cc(C=O)n(C)n2)C1. The van der Waals surface area contributed by atoms with Crippen LogP contribution >= 0.6 is 0 Å². The van der Waals surface area contributed by atoms with Crippen LogP contribution < -0.4 is 0 Å². The number of carbonyl (C=O) groups is 1. The van der Waals surface area contributed by atoms with Crippen LogP contribution in [0, 0.1) is 5.92 Å². The number of aldehydes is 1. The van der Waals surface area contributed by atoms with E-state index in [2.05, 4.69) is 17.0 Å². The first-order chi connectivity index (χ1) is 7.19. The Morgan fingerprint density at radius 1 is 1.60 bits per heavy atom. The summed E-state index contributed by atoms with van der Waals surface area (Å²) in [5.41, 5.74) is 1.70. The van der Waals surface area contributed by atoms with E-state index >= 15 is 0 Å². The fraction of sp³-hybridized carbons (Fsp3) is 0.636. The molecule has 1 aliphatic rings. The van der Waals surface area contributed by atoms with E-state index in [1.165, 1.54) is 13.0 Å². The van der Waals surface area contributed by atoms with Gasteiger partial charge in [-0.05, 0) is 38.4 Å². The number of aromatic nitrogens is 2. The molecule has 1 atom stereocenters. The quantitative estimate of drug-likeness (QED) is 0.686. The lowest BCUT2D eigenvalue weighted by Gasteiger charge is -2.07. The van der Waals surface area contributed by atoms with Gasteiger partial charge in [-0.25, -0.2) is 0 Å². The average Bonchev–Trinajstić information content (AvgIpc) is 2.73. The van der Waals surface area contributed by atoms with Crippen molar-refractivity contribution in [3.63, 3.8) is 0 Å². The third kappa shape index (κ3) is 2.26. The smallest absolute Gasteiger partial charge is 0.168 e. The number of hydrogen-bond donors (Lipinski definition) is 0. The molecular formula is C11H17N3O. The molecule has 4 heteroatoms. The van der Waals surface area contributed by atoms with Crippen LogP contribution in [0.1, 0.15) is 22.6 Å². The van der Waals surface area contributed by atoms with Crippen molar-refractivity contribution in [2.45, 2.75) is 12.8 Å². The number of carbonyl (C=O) groups excluding carboxylic acids is 1. The molecule has 1 aromatic heterocycles. The van der Waals surface area contributed by atoms with Gasteiger partial charge in [0.05, 0.1) is 5.69 Å². The van der Waals surface area contributed by atoms with Crippen LogP contribution in [0.2, 0.25) is 0 Å². The standard InChI is InChI=1S/C11H17N3O/c1-13-4-3-9(7-13)5-10-6-11(8-15)14(2)12-10/h6,8-9H,3-5,7H2,1-2H3. The topological polar surface area (TPSA) is 38.1 Å². The Hall–Kier alpha value is -1.16. The summed E-state index contributed by atoms with van der Waals surface area (Å²) in [6.07, 6.45) is 3.09. The Morgan fingerprint density at radius 2 is 2.40 bits per heavy atom. The number of likely N-dealkylation sites (tertiary alicyclic amines) is 1. The fourth-order valence-corrected chi connectivity index (χ4v) is 2.24. The minimum absolute atomic E-state index is 0.663. The molecule has 0 aliphatic carbocycles. The summed E-state index contributed by atoms with van der Waals surface area (Å²) in [5.74, 6) is 0.699. The lowest BCUT2D eigenvalue weighted by atomic mass is 10.0. The van der Waals surface area contributed by atoms with Crippen LogP contribution in [-0.2, 0) is 13.5 Å². The van der Waals surface area contributed by atoms with E-state index in [0.717, 1.165) is 24.9 Å². The molecule has 0 spiro atoms. The van der Waals surface area contributed by atoms with Crippen LogP contribution in [-0.4, -0.2) is 41.1 Å². The Morgan fingerprint density at radius 3 is 2.93 bits per heavy atom. The molecule has 15 heavy (non-hydrogen) atoms. The van der Waals surface area contributed by atoms with Crippen molar-refractivity contribution < 1.29 is 4.79 Å². The molecule has 1 unspecified atom stereocenters. The van der Waals surface area contributed by atoms with E-state index in [0.29, 0.717) is 11.6 Å². The van der Waals surface area contributed by atoms with E-state index in [1.54, 1.807) is 4.68 Å². The molecule has 0 bridgehead atoms. The summed E-state index contributed by atoms with van der Waals surface area (Å²) in [6.45, 7) is 2.32. The van der Waals surface area contributed by atoms with Gasteiger partial charge in [0.2, 0.25) is 0 Å². The van der Waals surface area contributed by atoms with Crippen molar-refractivity contribution in [3.05, 3.63) is 17.5 Å². The van der Waals surface area contributed by atoms with Gasteiger partial charge in [-0.1, -0.05) is 0 Å². The first-order valence-electron chi connectivity index (χ1n) is 5.35. The van der Waals surface area contributed by atoms with Crippen molar-refractivity contribution in [2.24, 2.45) is 13.0 Å². The molecule has 4 nitrogen and oxygen atoms in total. The molecule has 1 aliphatic heterocycles. The van der Waals surface area contributed by atoms with E-state index in [1.807, 2.05) is 13.1 Å². The van der Waals surface area contributed by atoms with Crippen molar-refractivity contribution >= 4 is 6.29 Å². The Balaban J connectivity index is 2.01. The third-order valence-electron chi connectivity index (χ3n) is 3.07. The summed E-state index contributed by atoms with van der Waals surface area (Å²) < 4.78 is 1.65. The third-order valence-corrected chi connectivity index (χ3v) is 3.07. The van der Waals surface area contributed by atoms with Gasteiger partial charge < -0.3 is 4.90 Å². The predicted octanol–water partition coefficient (Wildman–Crippen LogP) is 0.727. The van der Waals surface area contributed by atoms with Crippen LogP contribution in [0.5, 0.6) is 0 Å². The van der Waals surface area contributed by atoms with Gasteiger partial charge in [-0.15, -0.1) is 0 Å². The molecule has 0 radical (unpaired) electrons. The molecule has 2 heterocycles. The molecule has 1 fully saturated rings. The van der Waals surface area contributed by atoms with Gasteiger partial charge in [0.25, 0.3) is 0 Å². The highest BCUT2D eigenvalue weighted by molar-refractivity contribution is 5.72. The maximum Gasteiger partial charge on any atom is 0.168 e. The lowest BCUT2D eigenvalue weighted by Crippen LogP contribution is -2.15. The highest BCUT2D eigenvalue weighted by Crippen LogP contribution is 2.18. The number of aryl methyl sites for hydroxylation is 1. The highest BCUT2D eigenvalue weighted by Gasteiger charge is 2.20. The number of hydrogen-bond acceptors (Lipinski definition) is 3. The van der Waals surface area contributed by atoms with Gasteiger partial charge in [-0.2, -0.15) is 5.10 Å². The maximum atomic E-state index is 10.7. The molecule has 0 N–H and O–H groups in total. The summed E-state index contributed by atoms with van der Waals surface area (Å²) in [6, 6.07) is 1.89.